The quantitative estimate of drug-likeness (QED) is 0.668. The summed E-state index contributed by atoms with van der Waals surface area (Å²) in [7, 11) is 0. The van der Waals surface area contributed by atoms with Gasteiger partial charge in [-0.1, -0.05) is 6.08 Å². The Bertz CT molecular complexity index is 993. The van der Waals surface area contributed by atoms with E-state index < -0.39 is 0 Å². The van der Waals surface area contributed by atoms with Crippen molar-refractivity contribution in [1.82, 2.24) is 19.7 Å². The van der Waals surface area contributed by atoms with Crippen molar-refractivity contribution in [3.8, 4) is 22.4 Å². The largest absolute Gasteiger partial charge is 0.331 e. The third kappa shape index (κ3) is 3.26. The van der Waals surface area contributed by atoms with Gasteiger partial charge in [0.1, 0.15) is 11.5 Å². The van der Waals surface area contributed by atoms with Crippen LogP contribution < -0.4 is 0 Å². The Kier molecular flexibility index (Phi) is 4.54. The van der Waals surface area contributed by atoms with Crippen LogP contribution >= 0.6 is 0 Å². The van der Waals surface area contributed by atoms with Gasteiger partial charge in [-0.2, -0.15) is 5.10 Å². The smallest absolute Gasteiger partial charge is 0.246 e. The van der Waals surface area contributed by atoms with E-state index in [0.717, 1.165) is 28.1 Å². The van der Waals surface area contributed by atoms with Gasteiger partial charge in [0.05, 0.1) is 18.8 Å². The number of benzene rings is 1. The van der Waals surface area contributed by atoms with Crippen molar-refractivity contribution in [3.63, 3.8) is 0 Å². The maximum atomic E-state index is 13.4. The highest BCUT2D eigenvalue weighted by molar-refractivity contribution is 5.88. The van der Waals surface area contributed by atoms with Gasteiger partial charge in [0.15, 0.2) is 0 Å². The lowest BCUT2D eigenvalue weighted by molar-refractivity contribution is -0.127. The number of allylic oxidation sites excluding steroid dienone is 1. The predicted octanol–water partition coefficient (Wildman–Crippen LogP) is 3.67. The summed E-state index contributed by atoms with van der Waals surface area (Å²) in [5.41, 5.74) is 4.55. The zero-order chi connectivity index (χ0) is 18.8. The van der Waals surface area contributed by atoms with Crippen LogP contribution in [0.4, 0.5) is 4.39 Å². The molecule has 1 aliphatic rings. The second-order valence-corrected chi connectivity index (χ2v) is 6.40. The molecule has 0 radical (unpaired) electrons. The number of amides is 1. The van der Waals surface area contributed by atoms with Gasteiger partial charge in [-0.05, 0) is 55.0 Å². The van der Waals surface area contributed by atoms with E-state index in [-0.39, 0.29) is 11.7 Å². The molecule has 0 unspecified atom stereocenters. The Morgan fingerprint density at radius 2 is 1.81 bits per heavy atom. The number of hydrogen-bond donors (Lipinski definition) is 0. The van der Waals surface area contributed by atoms with Crippen LogP contribution in [0.1, 0.15) is 12.6 Å². The number of hydrogen-bond acceptors (Lipinski definition) is 3. The number of rotatable bonds is 3. The topological polar surface area (TPSA) is 51.0 Å². The standard InChI is InChI=1S/C21H19FN4O/c1-2-3-19(27)25-12-13-26-18(14-25)20(15-8-10-23-11-9-15)21(24-26)16-4-6-17(22)7-5-16/h2-11H,12-14H2,1H3. The summed E-state index contributed by atoms with van der Waals surface area (Å²) in [5.74, 6) is -0.287. The second kappa shape index (κ2) is 7.15. The van der Waals surface area contributed by atoms with Crippen molar-refractivity contribution >= 4 is 5.91 Å². The number of fused-ring (bicyclic) bond motifs is 1. The molecule has 1 aliphatic heterocycles. The lowest BCUT2D eigenvalue weighted by Gasteiger charge is -2.27. The molecular weight excluding hydrogens is 343 g/mol. The molecule has 0 bridgehead atoms. The number of nitrogens with zero attached hydrogens (tertiary/aromatic N) is 4. The van der Waals surface area contributed by atoms with E-state index >= 15 is 0 Å². The number of pyridine rings is 1. The summed E-state index contributed by atoms with van der Waals surface area (Å²) in [6.45, 7) is 3.55. The summed E-state index contributed by atoms with van der Waals surface area (Å²) in [4.78, 5) is 18.2. The molecule has 1 amide bonds. The third-order valence-electron chi connectivity index (χ3n) is 4.69. The second-order valence-electron chi connectivity index (χ2n) is 6.40. The highest BCUT2D eigenvalue weighted by atomic mass is 19.1. The van der Waals surface area contributed by atoms with Crippen LogP contribution in [0.25, 0.3) is 22.4 Å². The predicted molar refractivity (Wildman–Crippen MR) is 101 cm³/mol. The van der Waals surface area contributed by atoms with Crippen molar-refractivity contribution < 1.29 is 9.18 Å². The Balaban J connectivity index is 1.85. The molecule has 136 valence electrons. The molecule has 27 heavy (non-hydrogen) atoms. The molecular formula is C21H19FN4O. The van der Waals surface area contributed by atoms with Crippen LogP contribution in [0.2, 0.25) is 0 Å². The fourth-order valence-corrected chi connectivity index (χ4v) is 3.39. The Morgan fingerprint density at radius 1 is 1.07 bits per heavy atom. The fraction of sp³-hybridized carbons (Fsp3) is 0.190. The summed E-state index contributed by atoms with van der Waals surface area (Å²) in [5, 5.41) is 4.78. The molecule has 3 aromatic rings. The highest BCUT2D eigenvalue weighted by Crippen LogP contribution is 2.36. The summed E-state index contributed by atoms with van der Waals surface area (Å²) in [6.07, 6.45) is 6.81. The van der Waals surface area contributed by atoms with Gasteiger partial charge in [0.2, 0.25) is 5.91 Å². The Hall–Kier alpha value is -3.28. The lowest BCUT2D eigenvalue weighted by Crippen LogP contribution is -2.37. The first kappa shape index (κ1) is 17.1. The molecule has 0 fully saturated rings. The molecule has 3 heterocycles. The van der Waals surface area contributed by atoms with Crippen LogP contribution in [0.3, 0.4) is 0 Å². The summed E-state index contributed by atoms with van der Waals surface area (Å²) < 4.78 is 15.3. The minimum atomic E-state index is -0.281. The van der Waals surface area contributed by atoms with Gasteiger partial charge in [-0.3, -0.25) is 14.5 Å². The molecule has 0 saturated heterocycles. The van der Waals surface area contributed by atoms with Crippen molar-refractivity contribution in [2.24, 2.45) is 0 Å². The molecule has 1 aromatic carbocycles. The average Bonchev–Trinajstić information content (AvgIpc) is 3.08. The lowest BCUT2D eigenvalue weighted by atomic mass is 9.99. The first-order chi connectivity index (χ1) is 13.2. The van der Waals surface area contributed by atoms with E-state index in [1.165, 1.54) is 12.1 Å². The molecule has 5 nitrogen and oxygen atoms in total. The minimum Gasteiger partial charge on any atom is -0.331 e. The monoisotopic (exact) mass is 362 g/mol. The van der Waals surface area contributed by atoms with E-state index in [9.17, 15) is 9.18 Å². The van der Waals surface area contributed by atoms with Crippen molar-refractivity contribution in [2.45, 2.75) is 20.0 Å². The van der Waals surface area contributed by atoms with E-state index in [0.29, 0.717) is 19.6 Å². The van der Waals surface area contributed by atoms with Gasteiger partial charge in [0.25, 0.3) is 0 Å². The van der Waals surface area contributed by atoms with Gasteiger partial charge in [-0.15, -0.1) is 0 Å². The molecule has 4 rings (SSSR count). The van der Waals surface area contributed by atoms with Crippen LogP contribution in [0.5, 0.6) is 0 Å². The Morgan fingerprint density at radius 3 is 2.52 bits per heavy atom. The van der Waals surface area contributed by atoms with Gasteiger partial charge < -0.3 is 4.90 Å². The first-order valence-corrected chi connectivity index (χ1v) is 8.85. The molecule has 2 aromatic heterocycles. The Labute approximate surface area is 156 Å². The van der Waals surface area contributed by atoms with Crippen LogP contribution in [-0.2, 0) is 17.9 Å². The first-order valence-electron chi connectivity index (χ1n) is 8.85. The summed E-state index contributed by atoms with van der Waals surface area (Å²) >= 11 is 0. The normalized spacial score (nSPS) is 13.8. The molecule has 0 spiro atoms. The number of carbonyl (C=O) groups excluding carboxylic acids is 1. The van der Waals surface area contributed by atoms with Crippen molar-refractivity contribution in [2.75, 3.05) is 6.54 Å². The summed E-state index contributed by atoms with van der Waals surface area (Å²) in [6, 6.07) is 10.2. The number of aromatic nitrogens is 3. The fourth-order valence-electron chi connectivity index (χ4n) is 3.39. The molecule has 0 N–H and O–H groups in total. The zero-order valence-electron chi connectivity index (χ0n) is 15.0. The minimum absolute atomic E-state index is 0.00559. The molecule has 0 atom stereocenters. The van der Waals surface area contributed by atoms with E-state index in [4.69, 9.17) is 5.10 Å². The maximum Gasteiger partial charge on any atom is 0.246 e. The van der Waals surface area contributed by atoms with E-state index in [1.807, 2.05) is 28.6 Å². The number of carbonyl (C=O) groups is 1. The highest BCUT2D eigenvalue weighted by Gasteiger charge is 2.27. The molecule has 0 aliphatic carbocycles. The molecule has 0 saturated carbocycles. The van der Waals surface area contributed by atoms with Crippen LogP contribution in [0, 0.1) is 5.82 Å². The molecule has 6 heteroatoms. The van der Waals surface area contributed by atoms with Crippen molar-refractivity contribution in [1.29, 1.82) is 0 Å². The average molecular weight is 362 g/mol. The van der Waals surface area contributed by atoms with Gasteiger partial charge in [-0.25, -0.2) is 4.39 Å². The van der Waals surface area contributed by atoms with Crippen LogP contribution in [-0.4, -0.2) is 32.1 Å². The van der Waals surface area contributed by atoms with Crippen molar-refractivity contribution in [3.05, 3.63) is 72.5 Å². The third-order valence-corrected chi connectivity index (χ3v) is 4.69. The van der Waals surface area contributed by atoms with E-state index in [1.54, 1.807) is 36.7 Å². The van der Waals surface area contributed by atoms with Crippen LogP contribution in [0.15, 0.2) is 60.9 Å². The maximum absolute atomic E-state index is 13.4. The number of halogens is 1. The zero-order valence-corrected chi connectivity index (χ0v) is 15.0. The SMILES string of the molecule is CC=CC(=O)N1CCn2nc(-c3ccc(F)cc3)c(-c3ccncc3)c2C1. The van der Waals surface area contributed by atoms with E-state index in [2.05, 4.69) is 4.98 Å². The van der Waals surface area contributed by atoms with Gasteiger partial charge >= 0.3 is 0 Å². The van der Waals surface area contributed by atoms with Gasteiger partial charge in [0, 0.05) is 30.1 Å².